The Labute approximate surface area is 199 Å². The predicted octanol–water partition coefficient (Wildman–Crippen LogP) is 2.59. The van der Waals surface area contributed by atoms with Crippen LogP contribution in [-0.2, 0) is 28.5 Å². The minimum Gasteiger partial charge on any atom is -0.464 e. The lowest BCUT2D eigenvalue weighted by Crippen LogP contribution is -2.40. The zero-order chi connectivity index (χ0) is 24.2. The molecule has 9 nitrogen and oxygen atoms in total. The van der Waals surface area contributed by atoms with Gasteiger partial charge in [0.1, 0.15) is 5.58 Å². The Kier molecular flexibility index (Phi) is 10.8. The largest absolute Gasteiger partial charge is 0.464 e. The Hall–Kier alpha value is -2.43. The average Bonchev–Trinajstić information content (AvgIpc) is 3.28. The summed E-state index contributed by atoms with van der Waals surface area (Å²) in [4.78, 5) is 12.8. The van der Waals surface area contributed by atoms with E-state index >= 15 is 0 Å². The van der Waals surface area contributed by atoms with E-state index in [9.17, 15) is 4.79 Å². The number of rotatable bonds is 15. The maximum Gasteiger partial charge on any atom is 0.286 e. The second kappa shape index (κ2) is 14.1. The number of fused-ring (bicyclic) bond motifs is 1. The highest BCUT2D eigenvalue weighted by Crippen LogP contribution is 2.41. The lowest BCUT2D eigenvalue weighted by atomic mass is 9.81. The standard InChI is InChI=1S/C25H35NO8/c1-3-32-25-19(8-11-30-14-15-31-13-10-27)20(16-23(34-25)24(28)26-9-12-29-2)21-17-33-22-7-5-4-6-18(21)22/h4-7,16-17,19-20,25,27H,3,8-15H2,1-2H3,(H,26,28)/t19-,20-,25+/m1/s1. The van der Waals surface area contributed by atoms with Crippen molar-refractivity contribution in [1.82, 2.24) is 5.32 Å². The number of allylic oxidation sites excluding steroid dienone is 1. The number of nitrogens with one attached hydrogen (secondary N) is 1. The summed E-state index contributed by atoms with van der Waals surface area (Å²) < 4.78 is 33.8. The van der Waals surface area contributed by atoms with Crippen LogP contribution in [0.1, 0.15) is 24.8 Å². The van der Waals surface area contributed by atoms with Crippen LogP contribution in [0.2, 0.25) is 0 Å². The molecular formula is C25H35NO8. The van der Waals surface area contributed by atoms with E-state index in [-0.39, 0.29) is 30.1 Å². The molecule has 0 aliphatic carbocycles. The van der Waals surface area contributed by atoms with Crippen molar-refractivity contribution in [3.63, 3.8) is 0 Å². The minimum absolute atomic E-state index is 0.0104. The molecule has 3 atom stereocenters. The molecule has 2 heterocycles. The van der Waals surface area contributed by atoms with Gasteiger partial charge in [-0.25, -0.2) is 0 Å². The van der Waals surface area contributed by atoms with Gasteiger partial charge in [-0.05, 0) is 25.5 Å². The SMILES string of the molecule is CCO[C@H]1OC(C(=O)NCCOC)=C[C@@H](c2coc3ccccc23)[C@H]1CCOCCOCCO. The highest BCUT2D eigenvalue weighted by molar-refractivity contribution is 5.92. The first kappa shape index (κ1) is 26.2. The van der Waals surface area contributed by atoms with Gasteiger partial charge in [-0.3, -0.25) is 4.79 Å². The summed E-state index contributed by atoms with van der Waals surface area (Å²) in [5.41, 5.74) is 1.76. The van der Waals surface area contributed by atoms with Gasteiger partial charge in [-0.15, -0.1) is 0 Å². The number of methoxy groups -OCH3 is 1. The molecule has 1 amide bonds. The van der Waals surface area contributed by atoms with Crippen molar-refractivity contribution < 1.29 is 38.0 Å². The number of amides is 1. The van der Waals surface area contributed by atoms with E-state index in [1.54, 1.807) is 13.4 Å². The number of hydrogen-bond donors (Lipinski definition) is 2. The fraction of sp³-hybridized carbons (Fsp3) is 0.560. The second-order valence-corrected chi connectivity index (χ2v) is 7.84. The molecule has 2 aromatic rings. The Morgan fingerprint density at radius 2 is 1.91 bits per heavy atom. The quantitative estimate of drug-likeness (QED) is 0.377. The first-order valence-corrected chi connectivity index (χ1v) is 11.7. The first-order valence-electron chi connectivity index (χ1n) is 11.7. The smallest absolute Gasteiger partial charge is 0.286 e. The van der Waals surface area contributed by atoms with Crippen LogP contribution in [0.3, 0.4) is 0 Å². The molecule has 188 valence electrons. The fourth-order valence-corrected chi connectivity index (χ4v) is 4.01. The van der Waals surface area contributed by atoms with Gasteiger partial charge in [0.25, 0.3) is 5.91 Å². The molecule has 0 bridgehead atoms. The molecule has 1 aromatic heterocycles. The third kappa shape index (κ3) is 7.04. The number of carbonyl (C=O) groups excluding carboxylic acids is 1. The van der Waals surface area contributed by atoms with Crippen molar-refractivity contribution in [2.45, 2.75) is 25.6 Å². The maximum atomic E-state index is 12.8. The molecule has 1 aliphatic heterocycles. The van der Waals surface area contributed by atoms with E-state index in [1.807, 2.05) is 37.3 Å². The molecule has 0 saturated heterocycles. The molecule has 1 aliphatic rings. The lowest BCUT2D eigenvalue weighted by molar-refractivity contribution is -0.168. The van der Waals surface area contributed by atoms with Crippen LogP contribution >= 0.6 is 0 Å². The van der Waals surface area contributed by atoms with E-state index < -0.39 is 6.29 Å². The number of furan rings is 1. The Morgan fingerprint density at radius 3 is 2.68 bits per heavy atom. The zero-order valence-corrected chi connectivity index (χ0v) is 19.9. The normalized spacial score (nSPS) is 20.2. The van der Waals surface area contributed by atoms with Crippen molar-refractivity contribution in [1.29, 1.82) is 0 Å². The minimum atomic E-state index is -0.619. The van der Waals surface area contributed by atoms with Gasteiger partial charge in [-0.2, -0.15) is 0 Å². The van der Waals surface area contributed by atoms with Crippen molar-refractivity contribution >= 4 is 16.9 Å². The molecule has 9 heteroatoms. The third-order valence-electron chi connectivity index (χ3n) is 5.60. The van der Waals surface area contributed by atoms with Gasteiger partial charge in [0.15, 0.2) is 5.76 Å². The predicted molar refractivity (Wildman–Crippen MR) is 125 cm³/mol. The molecule has 0 radical (unpaired) electrons. The molecule has 3 rings (SSSR count). The van der Waals surface area contributed by atoms with Crippen LogP contribution in [0, 0.1) is 5.92 Å². The molecule has 0 fully saturated rings. The fourth-order valence-electron chi connectivity index (χ4n) is 4.01. The number of carbonyl (C=O) groups is 1. The van der Waals surface area contributed by atoms with E-state index in [4.69, 9.17) is 33.2 Å². The number of hydrogen-bond acceptors (Lipinski definition) is 8. The molecule has 34 heavy (non-hydrogen) atoms. The summed E-state index contributed by atoms with van der Waals surface area (Å²) in [5, 5.41) is 12.6. The summed E-state index contributed by atoms with van der Waals surface area (Å²) >= 11 is 0. The zero-order valence-electron chi connectivity index (χ0n) is 19.9. The van der Waals surface area contributed by atoms with Crippen LogP contribution in [-0.4, -0.2) is 77.2 Å². The number of ether oxygens (including phenoxy) is 5. The van der Waals surface area contributed by atoms with Crippen molar-refractivity contribution in [3.8, 4) is 0 Å². The monoisotopic (exact) mass is 477 g/mol. The van der Waals surface area contributed by atoms with Crippen molar-refractivity contribution in [3.05, 3.63) is 47.9 Å². The Balaban J connectivity index is 1.82. The molecule has 0 saturated carbocycles. The van der Waals surface area contributed by atoms with Crippen LogP contribution in [0.15, 0.2) is 46.8 Å². The van der Waals surface area contributed by atoms with Gasteiger partial charge < -0.3 is 38.5 Å². The van der Waals surface area contributed by atoms with E-state index in [0.29, 0.717) is 52.6 Å². The first-order chi connectivity index (χ1) is 16.7. The lowest BCUT2D eigenvalue weighted by Gasteiger charge is -2.36. The van der Waals surface area contributed by atoms with Crippen LogP contribution in [0.5, 0.6) is 0 Å². The van der Waals surface area contributed by atoms with Gasteiger partial charge >= 0.3 is 0 Å². The molecule has 0 spiro atoms. The van der Waals surface area contributed by atoms with Gasteiger partial charge in [0.2, 0.25) is 6.29 Å². The summed E-state index contributed by atoms with van der Waals surface area (Å²) in [5.74, 6) is -0.365. The third-order valence-corrected chi connectivity index (χ3v) is 5.60. The summed E-state index contributed by atoms with van der Waals surface area (Å²) in [7, 11) is 1.58. The second-order valence-electron chi connectivity index (χ2n) is 7.84. The average molecular weight is 478 g/mol. The topological polar surface area (TPSA) is 109 Å². The van der Waals surface area contributed by atoms with E-state index in [1.165, 1.54) is 0 Å². The summed E-state index contributed by atoms with van der Waals surface area (Å²) in [6.07, 6.45) is 3.62. The number of aliphatic hydroxyl groups is 1. The van der Waals surface area contributed by atoms with Crippen LogP contribution < -0.4 is 5.32 Å². The number of para-hydroxylation sites is 1. The van der Waals surface area contributed by atoms with E-state index in [0.717, 1.165) is 16.5 Å². The van der Waals surface area contributed by atoms with Gasteiger partial charge in [-0.1, -0.05) is 18.2 Å². The highest BCUT2D eigenvalue weighted by Gasteiger charge is 2.39. The highest BCUT2D eigenvalue weighted by atomic mass is 16.7. The molecule has 0 unspecified atom stereocenters. The molecule has 1 aromatic carbocycles. The summed E-state index contributed by atoms with van der Waals surface area (Å²) in [6, 6.07) is 7.83. The Bertz CT molecular complexity index is 911. The van der Waals surface area contributed by atoms with Gasteiger partial charge in [0.05, 0.1) is 39.3 Å². The van der Waals surface area contributed by atoms with Crippen LogP contribution in [0.4, 0.5) is 0 Å². The van der Waals surface area contributed by atoms with Crippen molar-refractivity contribution in [2.75, 3.05) is 59.9 Å². The molecule has 2 N–H and O–H groups in total. The van der Waals surface area contributed by atoms with E-state index in [2.05, 4.69) is 5.32 Å². The summed E-state index contributed by atoms with van der Waals surface area (Å²) in [6.45, 7) is 4.72. The van der Waals surface area contributed by atoms with Gasteiger partial charge in [0, 0.05) is 49.7 Å². The molecular weight excluding hydrogens is 442 g/mol. The number of benzene rings is 1. The number of aliphatic hydroxyl groups excluding tert-OH is 1. The Morgan fingerprint density at radius 1 is 1.12 bits per heavy atom. The maximum absolute atomic E-state index is 12.8. The van der Waals surface area contributed by atoms with Crippen molar-refractivity contribution in [2.24, 2.45) is 5.92 Å². The van der Waals surface area contributed by atoms with Crippen LogP contribution in [0.25, 0.3) is 11.0 Å².